The van der Waals surface area contributed by atoms with E-state index in [4.69, 9.17) is 29.4 Å². The summed E-state index contributed by atoms with van der Waals surface area (Å²) in [5.74, 6) is 16.4. The first-order valence-corrected chi connectivity index (χ1v) is 23.0. The highest BCUT2D eigenvalue weighted by Gasteiger charge is 2.17. The lowest BCUT2D eigenvalue weighted by Crippen LogP contribution is -2.29. The van der Waals surface area contributed by atoms with E-state index in [2.05, 4.69) is 109 Å². The molecule has 7 heterocycles. The van der Waals surface area contributed by atoms with E-state index in [1.165, 1.54) is 45.2 Å². The van der Waals surface area contributed by atoms with Gasteiger partial charge in [0.15, 0.2) is 0 Å². The topological polar surface area (TPSA) is 226 Å². The predicted octanol–water partition coefficient (Wildman–Crippen LogP) is 5.89. The van der Waals surface area contributed by atoms with E-state index in [0.717, 1.165) is 106 Å². The van der Waals surface area contributed by atoms with Gasteiger partial charge in [0.2, 0.25) is 0 Å². The van der Waals surface area contributed by atoms with Crippen molar-refractivity contribution in [2.24, 2.45) is 17.8 Å². The number of anilines is 4. The lowest BCUT2D eigenvalue weighted by Gasteiger charge is -2.25. The maximum atomic E-state index is 5.97. The predicted molar refractivity (Wildman–Crippen MR) is 266 cm³/mol. The molecule has 9 N–H and O–H groups in total. The normalized spacial score (nSPS) is 15.9. The van der Waals surface area contributed by atoms with Crippen LogP contribution in [0, 0.1) is 101 Å². The van der Waals surface area contributed by atoms with Crippen LogP contribution in [0.5, 0.6) is 0 Å². The van der Waals surface area contributed by atoms with Gasteiger partial charge in [-0.1, -0.05) is 11.8 Å². The molecule has 0 spiro atoms. The molecule has 0 amide bonds. The first kappa shape index (κ1) is 52.6. The molecule has 15 nitrogen and oxygen atoms in total. The zero-order chi connectivity index (χ0) is 46.6. The molecule has 3 fully saturated rings. The fraction of sp³-hybridized carbons (Fsp3) is 0.574. The Kier molecular flexibility index (Phi) is 22.4. The highest BCUT2D eigenvalue weighted by molar-refractivity contribution is 14.1. The van der Waals surface area contributed by atoms with Gasteiger partial charge in [-0.05, 0) is 189 Å². The zero-order valence-electron chi connectivity index (χ0n) is 39.4. The van der Waals surface area contributed by atoms with Crippen LogP contribution in [0.2, 0.25) is 0 Å². The Labute approximate surface area is 390 Å². The second kappa shape index (κ2) is 26.8. The minimum Gasteiger partial charge on any atom is -0.384 e. The van der Waals surface area contributed by atoms with Crippen molar-refractivity contribution in [2.75, 3.05) is 76.3 Å². The Hall–Kier alpha value is -4.75. The molecule has 0 bridgehead atoms. The summed E-state index contributed by atoms with van der Waals surface area (Å²) in [6, 6.07) is 1.74. The standard InChI is InChI=1S/C14H20N4.C13H22N4.C8H13N.C6H8IN3.C6H9N3/c1-10-13(14(15)17-11(2)16-10)5-4-12-6-8-18(3)9-7-12;1-9-12(13(14)17-10(2)16-9)4-3-11-5-7-15-8-6-11;1-3-8-4-6-9(2)7-5-8;1-3-5(7)6(8)10-4(2)9-3;1-4-3-6(7)9-5(2)8-4/h12H,6-9H2,1-3H3,(H2,15,16,17);11,15H,3-8H2,1-2H3,(H2,14,16,17);1,8H,4-7H2,2H3;1-2H3,(H2,8,9,10);3H,1-2H3,(H2,7,8,9). The third-order valence-corrected chi connectivity index (χ3v) is 12.4. The van der Waals surface area contributed by atoms with Gasteiger partial charge in [-0.2, -0.15) is 0 Å². The summed E-state index contributed by atoms with van der Waals surface area (Å²) in [4.78, 5) is 37.9. The van der Waals surface area contributed by atoms with E-state index in [1.807, 2.05) is 55.4 Å². The average Bonchev–Trinajstić information content (AvgIpc) is 3.21. The molecule has 63 heavy (non-hydrogen) atoms. The fourth-order valence-corrected chi connectivity index (χ4v) is 7.70. The van der Waals surface area contributed by atoms with Crippen molar-refractivity contribution in [2.45, 2.75) is 107 Å². The molecule has 0 aliphatic carbocycles. The van der Waals surface area contributed by atoms with E-state index in [-0.39, 0.29) is 0 Å². The van der Waals surface area contributed by atoms with E-state index in [1.54, 1.807) is 6.07 Å². The number of hydrogen-bond donors (Lipinski definition) is 5. The van der Waals surface area contributed by atoms with E-state index < -0.39 is 0 Å². The summed E-state index contributed by atoms with van der Waals surface area (Å²) < 4.78 is 0.947. The van der Waals surface area contributed by atoms with Gasteiger partial charge in [0.1, 0.15) is 46.6 Å². The number of piperidine rings is 3. The first-order chi connectivity index (χ1) is 29.8. The maximum absolute atomic E-state index is 5.97. The van der Waals surface area contributed by atoms with Gasteiger partial charge in [0, 0.05) is 34.9 Å². The van der Waals surface area contributed by atoms with Crippen molar-refractivity contribution in [1.29, 1.82) is 0 Å². The number of nitrogens with one attached hydrogen (secondary N) is 1. The molecular formula is C47H72IN15. The summed E-state index contributed by atoms with van der Waals surface area (Å²) in [5, 5.41) is 3.39. The third kappa shape index (κ3) is 19.3. The van der Waals surface area contributed by atoms with Gasteiger partial charge in [-0.3, -0.25) is 0 Å². The van der Waals surface area contributed by atoms with Crippen LogP contribution >= 0.6 is 22.6 Å². The van der Waals surface area contributed by atoms with Crippen LogP contribution in [0.4, 0.5) is 23.3 Å². The van der Waals surface area contributed by atoms with Crippen LogP contribution in [0.15, 0.2) is 6.07 Å². The van der Waals surface area contributed by atoms with Gasteiger partial charge < -0.3 is 38.1 Å². The number of aromatic nitrogens is 8. The van der Waals surface area contributed by atoms with Gasteiger partial charge in [0.05, 0.1) is 20.5 Å². The number of rotatable bonds is 3. The summed E-state index contributed by atoms with van der Waals surface area (Å²) in [6.45, 7) is 22.1. The monoisotopic (exact) mass is 974 g/mol. The Balaban J connectivity index is 0.000000217. The van der Waals surface area contributed by atoms with Gasteiger partial charge >= 0.3 is 0 Å². The summed E-state index contributed by atoms with van der Waals surface area (Å²) in [5.41, 5.74) is 28.6. The molecule has 16 heteroatoms. The number of likely N-dealkylation sites (tertiary alicyclic amines) is 2. The first-order valence-electron chi connectivity index (χ1n) is 21.9. The van der Waals surface area contributed by atoms with Crippen molar-refractivity contribution in [3.05, 3.63) is 66.8 Å². The van der Waals surface area contributed by atoms with Gasteiger partial charge in [-0.15, -0.1) is 12.3 Å². The van der Waals surface area contributed by atoms with Crippen molar-refractivity contribution in [3.63, 3.8) is 0 Å². The highest BCUT2D eigenvalue weighted by atomic mass is 127. The number of nitrogens with zero attached hydrogens (tertiary/aromatic N) is 10. The summed E-state index contributed by atoms with van der Waals surface area (Å²) in [7, 11) is 4.30. The lowest BCUT2D eigenvalue weighted by molar-refractivity contribution is 0.248. The molecule has 0 atom stereocenters. The summed E-state index contributed by atoms with van der Waals surface area (Å²) >= 11 is 2.14. The van der Waals surface area contributed by atoms with Crippen molar-refractivity contribution in [3.8, 4) is 24.2 Å². The van der Waals surface area contributed by atoms with Crippen LogP contribution in [0.25, 0.3) is 0 Å². The number of aryl methyl sites for hydroxylation is 8. The molecule has 0 aromatic carbocycles. The number of nitrogens with two attached hydrogens (primary N) is 4. The lowest BCUT2D eigenvalue weighted by atomic mass is 9.91. The minimum absolute atomic E-state index is 0.473. The van der Waals surface area contributed by atoms with Crippen LogP contribution in [0.1, 0.15) is 102 Å². The largest absolute Gasteiger partial charge is 0.384 e. The van der Waals surface area contributed by atoms with Gasteiger partial charge in [-0.25, -0.2) is 39.9 Å². The molecule has 4 aromatic heterocycles. The highest BCUT2D eigenvalue weighted by Crippen LogP contribution is 2.23. The van der Waals surface area contributed by atoms with Crippen LogP contribution < -0.4 is 28.3 Å². The molecule has 3 saturated heterocycles. The zero-order valence-corrected chi connectivity index (χ0v) is 41.6. The number of terminal acetylenes is 1. The molecule has 0 radical (unpaired) electrons. The van der Waals surface area contributed by atoms with Crippen LogP contribution in [-0.2, 0) is 6.42 Å². The number of nitrogen functional groups attached to an aromatic ring is 4. The van der Waals surface area contributed by atoms with Crippen molar-refractivity contribution >= 4 is 45.9 Å². The molecule has 4 aromatic rings. The summed E-state index contributed by atoms with van der Waals surface area (Å²) in [6.07, 6.45) is 14.7. The SMILES string of the molecule is C#CC1CCN(C)CC1.Cc1cc(N)nc(C)n1.Cc1nc(C)c(C#CC2CCN(C)CC2)c(N)n1.Cc1nc(C)c(CCC2CCNCC2)c(N)n1.Cc1nc(C)c(I)c(N)n1. The Morgan fingerprint density at radius 3 is 1.62 bits per heavy atom. The van der Waals surface area contributed by atoms with E-state index >= 15 is 0 Å². The van der Waals surface area contributed by atoms with Crippen molar-refractivity contribution < 1.29 is 0 Å². The fourth-order valence-electron chi connectivity index (χ4n) is 7.46. The second-order valence-corrected chi connectivity index (χ2v) is 17.8. The van der Waals surface area contributed by atoms with Crippen LogP contribution in [0.3, 0.4) is 0 Å². The molecule has 7 rings (SSSR count). The molecule has 0 unspecified atom stereocenters. The Morgan fingerprint density at radius 2 is 1.13 bits per heavy atom. The number of halogens is 1. The second-order valence-electron chi connectivity index (χ2n) is 16.7. The molecule has 0 saturated carbocycles. The van der Waals surface area contributed by atoms with Gasteiger partial charge in [0.25, 0.3) is 0 Å². The Bertz CT molecular complexity index is 2030. The molecular weight excluding hydrogens is 902 g/mol. The van der Waals surface area contributed by atoms with Crippen molar-refractivity contribution in [1.82, 2.24) is 55.0 Å². The van der Waals surface area contributed by atoms with E-state index in [0.29, 0.717) is 40.9 Å². The molecule has 342 valence electrons. The quantitative estimate of drug-likeness (QED) is 0.119. The third-order valence-electron chi connectivity index (χ3n) is 11.1. The Morgan fingerprint density at radius 1 is 0.635 bits per heavy atom. The maximum Gasteiger partial charge on any atom is 0.143 e. The smallest absolute Gasteiger partial charge is 0.143 e. The minimum atomic E-state index is 0.473. The number of hydrogen-bond acceptors (Lipinski definition) is 15. The molecule has 3 aliphatic heterocycles. The molecule has 3 aliphatic rings. The van der Waals surface area contributed by atoms with Crippen LogP contribution in [-0.4, -0.2) is 103 Å². The average molecular weight is 974 g/mol. The van der Waals surface area contributed by atoms with E-state index in [9.17, 15) is 0 Å².